The Balaban J connectivity index is 0.000000162. The Morgan fingerprint density at radius 1 is 0.820 bits per heavy atom. The second-order valence-corrected chi connectivity index (χ2v) is 13.6. The van der Waals surface area contributed by atoms with Gasteiger partial charge in [-0.05, 0) is 62.6 Å². The predicted molar refractivity (Wildman–Crippen MR) is 175 cm³/mol. The van der Waals surface area contributed by atoms with E-state index < -0.39 is 17.2 Å². The van der Waals surface area contributed by atoms with Gasteiger partial charge in [0.25, 0.3) is 0 Å². The zero-order valence-electron chi connectivity index (χ0n) is 27.7. The lowest BCUT2D eigenvalue weighted by Crippen LogP contribution is -2.47. The molecular weight excluding hydrogens is 648 g/mol. The Bertz CT molecular complexity index is 1670. The highest BCUT2D eigenvalue weighted by Crippen LogP contribution is 2.56. The molecule has 264 valence electrons. The number of rotatable bonds is 11. The van der Waals surface area contributed by atoms with E-state index in [1.807, 2.05) is 6.07 Å². The van der Waals surface area contributed by atoms with Crippen LogP contribution < -0.4 is 4.90 Å². The molecule has 8 rings (SSSR count). The Hall–Kier alpha value is -4.70. The molecule has 2 aliphatic heterocycles. The first kappa shape index (κ1) is 33.8. The van der Waals surface area contributed by atoms with Crippen LogP contribution in [-0.2, 0) is 28.3 Å². The molecule has 2 aliphatic carbocycles. The summed E-state index contributed by atoms with van der Waals surface area (Å²) in [4.78, 5) is 48.0. The number of piperazine rings is 1. The lowest BCUT2D eigenvalue weighted by Gasteiger charge is -2.34. The topological polar surface area (TPSA) is 151 Å². The molecule has 2 bridgehead atoms. The molecule has 4 aliphatic rings. The summed E-state index contributed by atoms with van der Waals surface area (Å²) >= 11 is 0. The normalized spacial score (nSPS) is 23.3. The van der Waals surface area contributed by atoms with Crippen LogP contribution in [0, 0.1) is 35.3 Å². The lowest BCUT2D eigenvalue weighted by atomic mass is 9.81. The fourth-order valence-corrected chi connectivity index (χ4v) is 8.17. The number of hydrogen-bond donors (Lipinski definition) is 1. The van der Waals surface area contributed by atoms with E-state index in [0.717, 1.165) is 82.9 Å². The van der Waals surface area contributed by atoms with Crippen LogP contribution in [0.5, 0.6) is 0 Å². The number of benzene rings is 1. The molecule has 5 heterocycles. The van der Waals surface area contributed by atoms with Crippen molar-refractivity contribution in [1.82, 2.24) is 49.3 Å². The first-order valence-electron chi connectivity index (χ1n) is 17.2. The van der Waals surface area contributed by atoms with Gasteiger partial charge in [0.05, 0.1) is 24.9 Å². The quantitative estimate of drug-likeness (QED) is 0.182. The molecule has 14 nitrogen and oxygen atoms in total. The molecule has 0 spiro atoms. The van der Waals surface area contributed by atoms with Gasteiger partial charge in [-0.1, -0.05) is 6.07 Å². The number of imide groups is 1. The van der Waals surface area contributed by atoms with Crippen LogP contribution in [0.1, 0.15) is 37.7 Å². The molecule has 4 atom stereocenters. The van der Waals surface area contributed by atoms with E-state index in [0.29, 0.717) is 18.4 Å². The standard InChI is InChI=1S/C21H29N5O2.C13H12F2N6O/c27-19-17-15-4-5-16(14-15)18(17)20(28)26(19)9-2-1-8-24-10-12-25(13-11-24)21-22-6-3-7-23-21;14-10-1-2-11(12(15)3-10)13(22,4-20-8-16-6-18-20)5-21-9-17-7-19-21/h3,6-7,15-18H,1-2,4-5,8-14H2;1-3,6-9,22H,4-5H2/t15-,16+,17+,18-;. The van der Waals surface area contributed by atoms with Crippen LogP contribution in [0.25, 0.3) is 0 Å². The van der Waals surface area contributed by atoms with Crippen LogP contribution in [0.2, 0.25) is 0 Å². The fraction of sp³-hybridized carbons (Fsp3) is 0.529. The second kappa shape index (κ2) is 14.6. The van der Waals surface area contributed by atoms with Gasteiger partial charge in [0, 0.05) is 56.7 Å². The summed E-state index contributed by atoms with van der Waals surface area (Å²) in [7, 11) is 0. The number of halogens is 2. The third kappa shape index (κ3) is 7.12. The van der Waals surface area contributed by atoms with Gasteiger partial charge < -0.3 is 10.0 Å². The zero-order chi connectivity index (χ0) is 34.7. The van der Waals surface area contributed by atoms with Crippen LogP contribution in [-0.4, -0.2) is 105 Å². The van der Waals surface area contributed by atoms with Crippen molar-refractivity contribution in [3.63, 3.8) is 0 Å². The highest BCUT2D eigenvalue weighted by atomic mass is 19.1. The Morgan fingerprint density at radius 3 is 1.98 bits per heavy atom. The molecule has 50 heavy (non-hydrogen) atoms. The number of likely N-dealkylation sites (tertiary alicyclic amines) is 1. The third-order valence-electron chi connectivity index (χ3n) is 10.5. The minimum absolute atomic E-state index is 0.0273. The maximum atomic E-state index is 14.1. The summed E-state index contributed by atoms with van der Waals surface area (Å²) in [6.45, 7) is 5.39. The fourth-order valence-electron chi connectivity index (χ4n) is 8.17. The maximum absolute atomic E-state index is 14.1. The van der Waals surface area contributed by atoms with E-state index in [-0.39, 0.29) is 42.3 Å². The van der Waals surface area contributed by atoms with Crippen LogP contribution >= 0.6 is 0 Å². The number of anilines is 1. The van der Waals surface area contributed by atoms with Crippen molar-refractivity contribution < 1.29 is 23.5 Å². The molecule has 4 fully saturated rings. The highest BCUT2D eigenvalue weighted by molar-refractivity contribution is 6.06. The molecule has 0 radical (unpaired) electrons. The second-order valence-electron chi connectivity index (χ2n) is 13.6. The van der Waals surface area contributed by atoms with Crippen LogP contribution in [0.4, 0.5) is 14.7 Å². The van der Waals surface area contributed by atoms with E-state index in [2.05, 4.69) is 39.9 Å². The van der Waals surface area contributed by atoms with E-state index in [1.165, 1.54) is 40.7 Å². The summed E-state index contributed by atoms with van der Waals surface area (Å²) in [6.07, 6.45) is 14.3. The van der Waals surface area contributed by atoms with Crippen molar-refractivity contribution >= 4 is 17.8 Å². The van der Waals surface area contributed by atoms with E-state index in [4.69, 9.17) is 0 Å². The van der Waals surface area contributed by atoms with Crippen molar-refractivity contribution in [3.8, 4) is 0 Å². The minimum Gasteiger partial charge on any atom is -0.381 e. The Labute approximate surface area is 288 Å². The molecule has 2 amide bonds. The van der Waals surface area contributed by atoms with Gasteiger partial charge in [-0.25, -0.2) is 38.1 Å². The molecule has 4 aromatic rings. The van der Waals surface area contributed by atoms with Gasteiger partial charge in [-0.15, -0.1) is 0 Å². The average Bonchev–Trinajstić information content (AvgIpc) is 3.97. The van der Waals surface area contributed by atoms with Gasteiger partial charge in [0.15, 0.2) is 0 Å². The van der Waals surface area contributed by atoms with Gasteiger partial charge in [0.2, 0.25) is 17.8 Å². The van der Waals surface area contributed by atoms with Gasteiger partial charge >= 0.3 is 0 Å². The highest BCUT2D eigenvalue weighted by Gasteiger charge is 2.60. The first-order chi connectivity index (χ1) is 24.3. The number of nitrogens with zero attached hydrogens (tertiary/aromatic N) is 11. The van der Waals surface area contributed by atoms with Crippen molar-refractivity contribution in [3.05, 3.63) is 79.2 Å². The lowest BCUT2D eigenvalue weighted by molar-refractivity contribution is -0.140. The van der Waals surface area contributed by atoms with Crippen molar-refractivity contribution in [2.24, 2.45) is 23.7 Å². The number of aliphatic hydroxyl groups is 1. The van der Waals surface area contributed by atoms with Crippen molar-refractivity contribution in [2.45, 2.75) is 50.8 Å². The smallest absolute Gasteiger partial charge is 0.233 e. The monoisotopic (exact) mass is 689 g/mol. The van der Waals surface area contributed by atoms with Gasteiger partial charge in [-0.2, -0.15) is 10.2 Å². The maximum Gasteiger partial charge on any atom is 0.233 e. The van der Waals surface area contributed by atoms with E-state index >= 15 is 0 Å². The summed E-state index contributed by atoms with van der Waals surface area (Å²) in [5, 5.41) is 18.8. The number of unbranched alkanes of at least 4 members (excludes halogenated alkanes) is 1. The SMILES string of the molecule is O=C1[C@@H]2[C@H]3CC[C@H](C3)[C@@H]2C(=O)N1CCCCN1CCN(c2ncccn2)CC1.OC(Cn1cncn1)(Cn1cncn1)c1ccc(F)cc1F. The first-order valence-corrected chi connectivity index (χ1v) is 17.2. The van der Waals surface area contributed by atoms with Gasteiger partial charge in [-0.3, -0.25) is 19.4 Å². The average molecular weight is 690 g/mol. The number of fused-ring (bicyclic) bond motifs is 5. The Kier molecular flexibility index (Phi) is 9.90. The molecule has 1 aromatic carbocycles. The number of hydrogen-bond acceptors (Lipinski definition) is 11. The zero-order valence-corrected chi connectivity index (χ0v) is 27.7. The third-order valence-corrected chi connectivity index (χ3v) is 10.5. The number of carbonyl (C=O) groups excluding carboxylic acids is 2. The van der Waals surface area contributed by atoms with Crippen molar-refractivity contribution in [1.29, 1.82) is 0 Å². The molecule has 0 unspecified atom stereocenters. The summed E-state index contributed by atoms with van der Waals surface area (Å²) in [5.74, 6) is 0.555. The number of amides is 2. The largest absolute Gasteiger partial charge is 0.381 e. The predicted octanol–water partition coefficient (Wildman–Crippen LogP) is 2.15. The summed E-state index contributed by atoms with van der Waals surface area (Å²) < 4.78 is 29.9. The summed E-state index contributed by atoms with van der Waals surface area (Å²) in [6, 6.07) is 4.86. The molecule has 2 saturated carbocycles. The minimum atomic E-state index is -1.70. The van der Waals surface area contributed by atoms with Gasteiger partial charge in [0.1, 0.15) is 42.5 Å². The Morgan fingerprint density at radius 2 is 1.42 bits per heavy atom. The number of aromatic nitrogens is 8. The summed E-state index contributed by atoms with van der Waals surface area (Å²) in [5.41, 5.74) is -1.75. The molecule has 1 N–H and O–H groups in total. The number of carbonyl (C=O) groups is 2. The van der Waals surface area contributed by atoms with Crippen molar-refractivity contribution in [2.75, 3.05) is 44.2 Å². The van der Waals surface area contributed by atoms with E-state index in [1.54, 1.807) is 17.3 Å². The van der Waals surface area contributed by atoms with Crippen LogP contribution in [0.15, 0.2) is 62.0 Å². The van der Waals surface area contributed by atoms with E-state index in [9.17, 15) is 23.5 Å². The molecule has 2 saturated heterocycles. The molecular formula is C34H41F2N11O3. The van der Waals surface area contributed by atoms with Crippen LogP contribution in [0.3, 0.4) is 0 Å². The molecule has 16 heteroatoms. The molecule has 3 aromatic heterocycles.